The summed E-state index contributed by atoms with van der Waals surface area (Å²) in [5, 5.41) is 11.8. The topological polar surface area (TPSA) is 73.8 Å². The predicted molar refractivity (Wildman–Crippen MR) is 67.3 cm³/mol. The van der Waals surface area contributed by atoms with Crippen molar-refractivity contribution < 1.29 is 9.21 Å². The van der Waals surface area contributed by atoms with Crippen LogP contribution in [0.5, 0.6) is 0 Å². The summed E-state index contributed by atoms with van der Waals surface area (Å²) >= 11 is 0. The first-order valence-electron chi connectivity index (χ1n) is 5.66. The number of nitrogens with zero attached hydrogens (tertiary/aromatic N) is 4. The lowest BCUT2D eigenvalue weighted by Gasteiger charge is -1.98. The van der Waals surface area contributed by atoms with Crippen LogP contribution < -0.4 is 0 Å². The highest BCUT2D eigenvalue weighted by molar-refractivity contribution is 5.73. The molecule has 0 atom stereocenters. The van der Waals surface area contributed by atoms with E-state index in [1.807, 2.05) is 24.3 Å². The monoisotopic (exact) mass is 254 g/mol. The number of aromatic nitrogens is 4. The molecule has 0 saturated carbocycles. The van der Waals surface area contributed by atoms with Gasteiger partial charge < -0.3 is 4.42 Å². The van der Waals surface area contributed by atoms with E-state index >= 15 is 0 Å². The van der Waals surface area contributed by atoms with Gasteiger partial charge in [-0.05, 0) is 17.3 Å². The average molecular weight is 254 g/mol. The van der Waals surface area contributed by atoms with Crippen molar-refractivity contribution in [1.29, 1.82) is 0 Å². The average Bonchev–Trinajstić information content (AvgIpc) is 3.07. The molecule has 6 heteroatoms. The van der Waals surface area contributed by atoms with Gasteiger partial charge >= 0.3 is 0 Å². The Labute approximate surface area is 108 Å². The minimum absolute atomic E-state index is 0.315. The second-order valence-electron chi connectivity index (χ2n) is 4.00. The first-order chi connectivity index (χ1) is 9.26. The molecule has 0 saturated heterocycles. The summed E-state index contributed by atoms with van der Waals surface area (Å²) in [5.74, 6) is 1.54. The third-order valence-electron chi connectivity index (χ3n) is 2.68. The summed E-state index contributed by atoms with van der Waals surface area (Å²) in [6.45, 7) is 0. The minimum Gasteiger partial charge on any atom is -0.453 e. The summed E-state index contributed by atoms with van der Waals surface area (Å²) in [4.78, 5) is 12.0. The zero-order valence-corrected chi connectivity index (χ0v) is 10.1. The Morgan fingerprint density at radius 2 is 1.84 bits per heavy atom. The standard InChI is InChI=1S/C13H10N4O2/c1-17-15-13(14-16-17)10-4-2-9(3-5-10)12-7-6-11(8-18)19-12/h2-8H,1H3. The van der Waals surface area contributed by atoms with E-state index in [1.54, 1.807) is 19.2 Å². The highest BCUT2D eigenvalue weighted by Gasteiger charge is 2.07. The summed E-state index contributed by atoms with van der Waals surface area (Å²) in [6, 6.07) is 10.9. The third kappa shape index (κ3) is 2.15. The summed E-state index contributed by atoms with van der Waals surface area (Å²) in [5.41, 5.74) is 1.76. The second kappa shape index (κ2) is 4.49. The zero-order chi connectivity index (χ0) is 13.2. The normalized spacial score (nSPS) is 10.6. The van der Waals surface area contributed by atoms with Crippen molar-refractivity contribution in [1.82, 2.24) is 20.2 Å². The van der Waals surface area contributed by atoms with Crippen LogP contribution in [-0.2, 0) is 7.05 Å². The minimum atomic E-state index is 0.315. The van der Waals surface area contributed by atoms with E-state index in [1.165, 1.54) is 4.80 Å². The lowest BCUT2D eigenvalue weighted by atomic mass is 10.1. The van der Waals surface area contributed by atoms with Gasteiger partial charge in [0.1, 0.15) is 5.76 Å². The number of hydrogen-bond acceptors (Lipinski definition) is 5. The molecule has 0 spiro atoms. The lowest BCUT2D eigenvalue weighted by molar-refractivity contribution is 0.110. The van der Waals surface area contributed by atoms with Gasteiger partial charge in [-0.25, -0.2) is 0 Å². The van der Waals surface area contributed by atoms with Gasteiger partial charge in [-0.15, -0.1) is 10.2 Å². The molecule has 0 fully saturated rings. The van der Waals surface area contributed by atoms with Gasteiger partial charge in [-0.1, -0.05) is 24.3 Å². The Morgan fingerprint density at radius 3 is 2.42 bits per heavy atom. The molecular weight excluding hydrogens is 244 g/mol. The van der Waals surface area contributed by atoms with Crippen LogP contribution in [0.3, 0.4) is 0 Å². The first-order valence-corrected chi connectivity index (χ1v) is 5.66. The lowest BCUT2D eigenvalue weighted by Crippen LogP contribution is -1.91. The molecule has 0 aliphatic carbocycles. The first kappa shape index (κ1) is 11.3. The van der Waals surface area contributed by atoms with Crippen LogP contribution >= 0.6 is 0 Å². The van der Waals surface area contributed by atoms with Gasteiger partial charge in [0, 0.05) is 11.1 Å². The van der Waals surface area contributed by atoms with Crippen molar-refractivity contribution in [2.75, 3.05) is 0 Å². The maximum absolute atomic E-state index is 10.6. The van der Waals surface area contributed by atoms with E-state index in [0.717, 1.165) is 11.1 Å². The van der Waals surface area contributed by atoms with Crippen LogP contribution in [-0.4, -0.2) is 26.5 Å². The van der Waals surface area contributed by atoms with Crippen LogP contribution in [0.1, 0.15) is 10.6 Å². The van der Waals surface area contributed by atoms with Crippen molar-refractivity contribution >= 4 is 6.29 Å². The van der Waals surface area contributed by atoms with Crippen LogP contribution in [0.4, 0.5) is 0 Å². The molecule has 1 aromatic carbocycles. The Morgan fingerprint density at radius 1 is 1.11 bits per heavy atom. The molecule has 0 bridgehead atoms. The number of rotatable bonds is 3. The van der Waals surface area contributed by atoms with E-state index in [-0.39, 0.29) is 0 Å². The molecule has 0 amide bonds. The molecule has 2 heterocycles. The van der Waals surface area contributed by atoms with Crippen molar-refractivity contribution in [2.45, 2.75) is 0 Å². The number of aldehydes is 1. The van der Waals surface area contributed by atoms with Crippen molar-refractivity contribution in [3.8, 4) is 22.7 Å². The van der Waals surface area contributed by atoms with E-state index < -0.39 is 0 Å². The number of furan rings is 1. The van der Waals surface area contributed by atoms with E-state index in [2.05, 4.69) is 15.4 Å². The third-order valence-corrected chi connectivity index (χ3v) is 2.68. The number of carbonyl (C=O) groups excluding carboxylic acids is 1. The van der Waals surface area contributed by atoms with Gasteiger partial charge in [0.25, 0.3) is 0 Å². The summed E-state index contributed by atoms with van der Waals surface area (Å²) in [7, 11) is 1.72. The summed E-state index contributed by atoms with van der Waals surface area (Å²) in [6.07, 6.45) is 0.682. The Bertz CT molecular complexity index is 712. The molecule has 0 radical (unpaired) electrons. The maximum atomic E-state index is 10.6. The molecule has 2 aromatic heterocycles. The van der Waals surface area contributed by atoms with Crippen LogP contribution in [0, 0.1) is 0 Å². The molecule has 0 aliphatic rings. The fourth-order valence-electron chi connectivity index (χ4n) is 1.75. The number of hydrogen-bond donors (Lipinski definition) is 0. The van der Waals surface area contributed by atoms with Gasteiger partial charge in [-0.3, -0.25) is 4.79 Å². The number of tetrazole rings is 1. The van der Waals surface area contributed by atoms with Crippen LogP contribution in [0.2, 0.25) is 0 Å². The highest BCUT2D eigenvalue weighted by atomic mass is 16.3. The molecule has 0 N–H and O–H groups in total. The van der Waals surface area contributed by atoms with Crippen LogP contribution in [0.15, 0.2) is 40.8 Å². The van der Waals surface area contributed by atoms with Crippen molar-refractivity contribution in [3.05, 3.63) is 42.2 Å². The predicted octanol–water partition coefficient (Wildman–Crippen LogP) is 1.95. The molecule has 0 unspecified atom stereocenters. The highest BCUT2D eigenvalue weighted by Crippen LogP contribution is 2.24. The van der Waals surface area contributed by atoms with E-state index in [0.29, 0.717) is 23.6 Å². The van der Waals surface area contributed by atoms with Crippen LogP contribution in [0.25, 0.3) is 22.7 Å². The number of aryl methyl sites for hydroxylation is 1. The molecule has 3 rings (SSSR count). The van der Waals surface area contributed by atoms with Gasteiger partial charge in [0.2, 0.25) is 5.82 Å². The maximum Gasteiger partial charge on any atom is 0.204 e. The molecule has 3 aromatic rings. The Hall–Kier alpha value is -2.76. The van der Waals surface area contributed by atoms with Gasteiger partial charge in [0.15, 0.2) is 12.0 Å². The molecule has 94 valence electrons. The largest absolute Gasteiger partial charge is 0.453 e. The Kier molecular flexibility index (Phi) is 2.68. The fraction of sp³-hybridized carbons (Fsp3) is 0.0769. The quantitative estimate of drug-likeness (QED) is 0.668. The molecule has 19 heavy (non-hydrogen) atoms. The fourth-order valence-corrected chi connectivity index (χ4v) is 1.75. The zero-order valence-electron chi connectivity index (χ0n) is 10.1. The summed E-state index contributed by atoms with van der Waals surface area (Å²) < 4.78 is 5.35. The van der Waals surface area contributed by atoms with Crippen molar-refractivity contribution in [2.24, 2.45) is 7.05 Å². The van der Waals surface area contributed by atoms with E-state index in [9.17, 15) is 4.79 Å². The van der Waals surface area contributed by atoms with E-state index in [4.69, 9.17) is 4.42 Å². The van der Waals surface area contributed by atoms with Gasteiger partial charge in [-0.2, -0.15) is 4.80 Å². The SMILES string of the molecule is Cn1nnc(-c2ccc(-c3ccc(C=O)o3)cc2)n1. The smallest absolute Gasteiger partial charge is 0.204 e. The second-order valence-corrected chi connectivity index (χ2v) is 4.00. The number of carbonyl (C=O) groups is 1. The molecule has 0 aliphatic heterocycles. The molecular formula is C13H10N4O2. The molecule has 6 nitrogen and oxygen atoms in total. The number of benzene rings is 1. The van der Waals surface area contributed by atoms with Gasteiger partial charge in [0.05, 0.1) is 7.05 Å². The Balaban J connectivity index is 1.92. The van der Waals surface area contributed by atoms with Crippen molar-refractivity contribution in [3.63, 3.8) is 0 Å².